The van der Waals surface area contributed by atoms with E-state index in [0.29, 0.717) is 6.01 Å². The summed E-state index contributed by atoms with van der Waals surface area (Å²) in [5, 5.41) is 3.33. The van der Waals surface area contributed by atoms with Crippen molar-refractivity contribution in [2.24, 2.45) is 0 Å². The molecule has 0 saturated carbocycles. The lowest BCUT2D eigenvalue weighted by Crippen LogP contribution is -2.31. The number of nitrogens with one attached hydrogen (secondary N) is 1. The van der Waals surface area contributed by atoms with Crippen molar-refractivity contribution in [2.75, 3.05) is 25.1 Å². The van der Waals surface area contributed by atoms with E-state index in [1.807, 2.05) is 0 Å². The smallest absolute Gasteiger partial charge is 0.318 e. The summed E-state index contributed by atoms with van der Waals surface area (Å²) >= 11 is 0. The third-order valence-corrected chi connectivity index (χ3v) is 3.48. The quantitative estimate of drug-likeness (QED) is 0.829. The molecule has 17 heavy (non-hydrogen) atoms. The highest BCUT2D eigenvalue weighted by atomic mass is 16.5. The average Bonchev–Trinajstić information content (AvgIpc) is 2.86. The van der Waals surface area contributed by atoms with E-state index < -0.39 is 0 Å². The Balaban J connectivity index is 1.98. The van der Waals surface area contributed by atoms with Crippen molar-refractivity contribution in [3.05, 3.63) is 11.3 Å². The van der Waals surface area contributed by atoms with Gasteiger partial charge in [-0.05, 0) is 19.3 Å². The number of piperidine rings is 1. The number of aromatic nitrogens is 2. The number of anilines is 1. The van der Waals surface area contributed by atoms with Crippen LogP contribution in [0.15, 0.2) is 0 Å². The fourth-order valence-electron chi connectivity index (χ4n) is 2.59. The van der Waals surface area contributed by atoms with Gasteiger partial charge in [0, 0.05) is 31.7 Å². The highest BCUT2D eigenvalue weighted by Gasteiger charge is 2.23. The van der Waals surface area contributed by atoms with Crippen molar-refractivity contribution in [3.8, 4) is 6.01 Å². The van der Waals surface area contributed by atoms with Crippen molar-refractivity contribution in [2.45, 2.75) is 32.4 Å². The van der Waals surface area contributed by atoms with E-state index >= 15 is 0 Å². The lowest BCUT2D eigenvalue weighted by molar-refractivity contribution is 0.377. The first-order valence-corrected chi connectivity index (χ1v) is 6.28. The third kappa shape index (κ3) is 1.95. The lowest BCUT2D eigenvalue weighted by atomic mass is 10.1. The maximum absolute atomic E-state index is 5.19. The van der Waals surface area contributed by atoms with E-state index in [9.17, 15) is 0 Å². The van der Waals surface area contributed by atoms with Gasteiger partial charge in [0.25, 0.3) is 0 Å². The molecule has 1 aromatic rings. The molecule has 1 saturated heterocycles. The van der Waals surface area contributed by atoms with Crippen LogP contribution in [0.25, 0.3) is 0 Å². The van der Waals surface area contributed by atoms with Crippen LogP contribution in [-0.4, -0.2) is 30.2 Å². The van der Waals surface area contributed by atoms with Crippen LogP contribution < -0.4 is 15.0 Å². The number of fused-ring (bicyclic) bond motifs is 1. The van der Waals surface area contributed by atoms with Crippen molar-refractivity contribution >= 4 is 5.82 Å². The van der Waals surface area contributed by atoms with Gasteiger partial charge in [-0.1, -0.05) is 0 Å². The molecule has 0 spiro atoms. The number of hydrogen-bond donors (Lipinski definition) is 1. The minimum atomic E-state index is 0.494. The van der Waals surface area contributed by atoms with Gasteiger partial charge in [0.15, 0.2) is 0 Å². The Bertz CT molecular complexity index is 415. The van der Waals surface area contributed by atoms with Crippen LogP contribution in [0.4, 0.5) is 5.82 Å². The number of hydrogen-bond acceptors (Lipinski definition) is 5. The first kappa shape index (κ1) is 10.8. The van der Waals surface area contributed by atoms with E-state index in [1.54, 1.807) is 7.11 Å². The molecule has 1 fully saturated rings. The van der Waals surface area contributed by atoms with Crippen LogP contribution in [0.5, 0.6) is 6.01 Å². The normalized spacial score (nSPS) is 19.2. The summed E-state index contributed by atoms with van der Waals surface area (Å²) in [5.41, 5.74) is 2.35. The van der Waals surface area contributed by atoms with Gasteiger partial charge in [0.05, 0.1) is 12.8 Å². The topological polar surface area (TPSA) is 50.3 Å². The summed E-state index contributed by atoms with van der Waals surface area (Å²) in [6, 6.07) is 0.494. The molecular formula is C12H18N4O. The Morgan fingerprint density at radius 3 is 2.71 bits per heavy atom. The maximum Gasteiger partial charge on any atom is 0.318 e. The van der Waals surface area contributed by atoms with Gasteiger partial charge >= 0.3 is 6.01 Å². The highest BCUT2D eigenvalue weighted by molar-refractivity contribution is 5.51. The SMILES string of the molecule is COc1nc2c(c(N3CCCCC3)n1)CNC2. The molecule has 0 atom stereocenters. The van der Waals surface area contributed by atoms with E-state index in [-0.39, 0.29) is 0 Å². The molecule has 5 nitrogen and oxygen atoms in total. The molecule has 3 rings (SSSR count). The summed E-state index contributed by atoms with van der Waals surface area (Å²) in [5.74, 6) is 1.08. The standard InChI is InChI=1S/C12H18N4O/c1-17-12-14-10-8-13-7-9(10)11(15-12)16-5-3-2-4-6-16/h13H,2-8H2,1H3. The van der Waals surface area contributed by atoms with Crippen molar-refractivity contribution in [1.29, 1.82) is 0 Å². The number of ether oxygens (including phenoxy) is 1. The molecule has 0 aromatic carbocycles. The molecule has 0 unspecified atom stereocenters. The monoisotopic (exact) mass is 234 g/mol. The zero-order chi connectivity index (χ0) is 11.7. The molecular weight excluding hydrogens is 216 g/mol. The zero-order valence-corrected chi connectivity index (χ0v) is 10.2. The van der Waals surface area contributed by atoms with Crippen LogP contribution in [0.2, 0.25) is 0 Å². The molecule has 3 heterocycles. The molecule has 0 aliphatic carbocycles. The largest absolute Gasteiger partial charge is 0.467 e. The van der Waals surface area contributed by atoms with Gasteiger partial charge < -0.3 is 15.0 Å². The summed E-state index contributed by atoms with van der Waals surface area (Å²) in [6.45, 7) is 3.92. The molecule has 0 amide bonds. The minimum Gasteiger partial charge on any atom is -0.467 e. The molecule has 0 radical (unpaired) electrons. The molecule has 2 aliphatic heterocycles. The number of rotatable bonds is 2. The Morgan fingerprint density at radius 2 is 1.94 bits per heavy atom. The van der Waals surface area contributed by atoms with Gasteiger partial charge in [0.2, 0.25) is 0 Å². The van der Waals surface area contributed by atoms with Gasteiger partial charge in [-0.3, -0.25) is 0 Å². The molecule has 5 heteroatoms. The van der Waals surface area contributed by atoms with Crippen LogP contribution in [-0.2, 0) is 13.1 Å². The zero-order valence-electron chi connectivity index (χ0n) is 10.2. The summed E-state index contributed by atoms with van der Waals surface area (Å²) in [6.07, 6.45) is 3.85. The van der Waals surface area contributed by atoms with E-state index in [4.69, 9.17) is 4.74 Å². The molecule has 92 valence electrons. The van der Waals surface area contributed by atoms with E-state index in [0.717, 1.165) is 37.7 Å². The van der Waals surface area contributed by atoms with E-state index in [1.165, 1.54) is 24.8 Å². The van der Waals surface area contributed by atoms with Crippen LogP contribution in [0.3, 0.4) is 0 Å². The van der Waals surface area contributed by atoms with Gasteiger partial charge in [-0.2, -0.15) is 9.97 Å². The van der Waals surface area contributed by atoms with Crippen molar-refractivity contribution in [3.63, 3.8) is 0 Å². The predicted molar refractivity (Wildman–Crippen MR) is 65.2 cm³/mol. The van der Waals surface area contributed by atoms with Gasteiger partial charge in [-0.15, -0.1) is 0 Å². The van der Waals surface area contributed by atoms with Crippen molar-refractivity contribution < 1.29 is 4.74 Å². The Labute approximate surface area is 101 Å². The predicted octanol–water partition coefficient (Wildman–Crippen LogP) is 1.08. The molecule has 1 aromatic heterocycles. The first-order valence-electron chi connectivity index (χ1n) is 6.28. The van der Waals surface area contributed by atoms with Crippen LogP contribution in [0, 0.1) is 0 Å². The van der Waals surface area contributed by atoms with Gasteiger partial charge in [0.1, 0.15) is 5.82 Å². The van der Waals surface area contributed by atoms with Gasteiger partial charge in [-0.25, -0.2) is 0 Å². The fourth-order valence-corrected chi connectivity index (χ4v) is 2.59. The molecule has 1 N–H and O–H groups in total. The second kappa shape index (κ2) is 4.49. The van der Waals surface area contributed by atoms with Crippen LogP contribution >= 0.6 is 0 Å². The Kier molecular flexibility index (Phi) is 2.84. The molecule has 0 bridgehead atoms. The Morgan fingerprint density at radius 1 is 1.12 bits per heavy atom. The number of nitrogens with zero attached hydrogens (tertiary/aromatic N) is 3. The lowest BCUT2D eigenvalue weighted by Gasteiger charge is -2.29. The average molecular weight is 234 g/mol. The van der Waals surface area contributed by atoms with Crippen molar-refractivity contribution in [1.82, 2.24) is 15.3 Å². The third-order valence-electron chi connectivity index (χ3n) is 3.48. The molecule has 2 aliphatic rings. The number of methoxy groups -OCH3 is 1. The van der Waals surface area contributed by atoms with E-state index in [2.05, 4.69) is 20.2 Å². The highest BCUT2D eigenvalue weighted by Crippen LogP contribution is 2.28. The second-order valence-electron chi connectivity index (χ2n) is 4.61. The summed E-state index contributed by atoms with van der Waals surface area (Å²) < 4.78 is 5.19. The summed E-state index contributed by atoms with van der Waals surface area (Å²) in [7, 11) is 1.63. The first-order chi connectivity index (χ1) is 8.38. The Hall–Kier alpha value is -1.36. The van der Waals surface area contributed by atoms with Crippen LogP contribution in [0.1, 0.15) is 30.5 Å². The summed E-state index contributed by atoms with van der Waals surface area (Å²) in [4.78, 5) is 11.3. The fraction of sp³-hybridized carbons (Fsp3) is 0.667. The minimum absolute atomic E-state index is 0.494. The maximum atomic E-state index is 5.19. The second-order valence-corrected chi connectivity index (χ2v) is 4.61.